The van der Waals surface area contributed by atoms with Crippen LogP contribution < -0.4 is 10.2 Å². The Morgan fingerprint density at radius 2 is 1.85 bits per heavy atom. The van der Waals surface area contributed by atoms with E-state index in [1.54, 1.807) is 0 Å². The Morgan fingerprint density at radius 1 is 1.10 bits per heavy atom. The molecule has 0 atom stereocenters. The predicted molar refractivity (Wildman–Crippen MR) is 92.8 cm³/mol. The van der Waals surface area contributed by atoms with Crippen LogP contribution in [0, 0.1) is 10.5 Å². The van der Waals surface area contributed by atoms with Crippen molar-refractivity contribution in [2.24, 2.45) is 4.99 Å². The third-order valence-electron chi connectivity index (χ3n) is 3.34. The van der Waals surface area contributed by atoms with E-state index in [9.17, 15) is 0 Å². The molecule has 0 spiro atoms. The SMILES string of the molecule is Cc1ccccc1N1CCN/C1=N\c1ccc(I)cc1. The monoisotopic (exact) mass is 377 g/mol. The first-order valence-corrected chi connectivity index (χ1v) is 7.73. The van der Waals surface area contributed by atoms with Gasteiger partial charge in [0, 0.05) is 22.3 Å². The number of guanidine groups is 1. The molecule has 0 bridgehead atoms. The number of rotatable bonds is 2. The van der Waals surface area contributed by atoms with E-state index in [0.29, 0.717) is 0 Å². The fourth-order valence-corrected chi connectivity index (χ4v) is 2.68. The summed E-state index contributed by atoms with van der Waals surface area (Å²) in [6.07, 6.45) is 0. The zero-order valence-corrected chi connectivity index (χ0v) is 13.5. The summed E-state index contributed by atoms with van der Waals surface area (Å²) in [6, 6.07) is 16.7. The predicted octanol–water partition coefficient (Wildman–Crippen LogP) is 3.70. The molecule has 0 radical (unpaired) electrons. The largest absolute Gasteiger partial charge is 0.354 e. The minimum atomic E-state index is 0.928. The highest BCUT2D eigenvalue weighted by Gasteiger charge is 2.20. The van der Waals surface area contributed by atoms with Crippen molar-refractivity contribution in [3.05, 3.63) is 57.7 Å². The van der Waals surface area contributed by atoms with Crippen molar-refractivity contribution in [3.8, 4) is 0 Å². The van der Waals surface area contributed by atoms with Crippen LogP contribution in [-0.4, -0.2) is 19.0 Å². The highest BCUT2D eigenvalue weighted by Crippen LogP contribution is 2.23. The van der Waals surface area contributed by atoms with E-state index < -0.39 is 0 Å². The van der Waals surface area contributed by atoms with Crippen LogP contribution in [0.25, 0.3) is 0 Å². The number of hydrogen-bond acceptors (Lipinski definition) is 1. The van der Waals surface area contributed by atoms with E-state index in [0.717, 1.165) is 24.7 Å². The summed E-state index contributed by atoms with van der Waals surface area (Å²) >= 11 is 2.30. The van der Waals surface area contributed by atoms with E-state index in [4.69, 9.17) is 4.99 Å². The van der Waals surface area contributed by atoms with E-state index in [-0.39, 0.29) is 0 Å². The van der Waals surface area contributed by atoms with Crippen LogP contribution in [0.1, 0.15) is 5.56 Å². The fourth-order valence-electron chi connectivity index (χ4n) is 2.32. The molecule has 1 heterocycles. The van der Waals surface area contributed by atoms with Gasteiger partial charge in [0.2, 0.25) is 5.96 Å². The molecular weight excluding hydrogens is 361 g/mol. The van der Waals surface area contributed by atoms with Gasteiger partial charge in [0.1, 0.15) is 0 Å². The van der Waals surface area contributed by atoms with Gasteiger partial charge in [-0.05, 0) is 65.4 Å². The highest BCUT2D eigenvalue weighted by molar-refractivity contribution is 14.1. The summed E-state index contributed by atoms with van der Waals surface area (Å²) in [5, 5.41) is 3.37. The summed E-state index contributed by atoms with van der Waals surface area (Å²) in [5.41, 5.74) is 3.47. The zero-order valence-electron chi connectivity index (χ0n) is 11.3. The summed E-state index contributed by atoms with van der Waals surface area (Å²) in [6.45, 7) is 4.02. The minimum Gasteiger partial charge on any atom is -0.354 e. The van der Waals surface area contributed by atoms with Gasteiger partial charge < -0.3 is 10.2 Å². The van der Waals surface area contributed by atoms with Crippen molar-refractivity contribution in [3.63, 3.8) is 0 Å². The van der Waals surface area contributed by atoms with Crippen LogP contribution in [0.2, 0.25) is 0 Å². The summed E-state index contributed by atoms with van der Waals surface area (Å²) in [7, 11) is 0. The number of para-hydroxylation sites is 1. The lowest BCUT2D eigenvalue weighted by Crippen LogP contribution is -2.30. The number of nitrogens with zero attached hydrogens (tertiary/aromatic N) is 2. The normalized spacial score (nSPS) is 16.5. The van der Waals surface area contributed by atoms with Crippen LogP contribution in [-0.2, 0) is 0 Å². The zero-order chi connectivity index (χ0) is 13.9. The van der Waals surface area contributed by atoms with Crippen molar-refractivity contribution in [2.45, 2.75) is 6.92 Å². The number of nitrogens with one attached hydrogen (secondary N) is 1. The molecule has 1 fully saturated rings. The van der Waals surface area contributed by atoms with Gasteiger partial charge in [-0.1, -0.05) is 18.2 Å². The van der Waals surface area contributed by atoms with Crippen LogP contribution in [0.15, 0.2) is 53.5 Å². The molecule has 102 valence electrons. The minimum absolute atomic E-state index is 0.928. The lowest BCUT2D eigenvalue weighted by atomic mass is 10.2. The summed E-state index contributed by atoms with van der Waals surface area (Å²) < 4.78 is 1.22. The third kappa shape index (κ3) is 2.80. The molecule has 3 nitrogen and oxygen atoms in total. The molecule has 20 heavy (non-hydrogen) atoms. The first kappa shape index (κ1) is 13.4. The first-order valence-electron chi connectivity index (χ1n) is 6.65. The number of hydrogen-bond donors (Lipinski definition) is 1. The van der Waals surface area contributed by atoms with E-state index in [2.05, 4.69) is 76.1 Å². The molecule has 0 unspecified atom stereocenters. The van der Waals surface area contributed by atoms with Crippen molar-refractivity contribution in [1.29, 1.82) is 0 Å². The van der Waals surface area contributed by atoms with E-state index in [1.165, 1.54) is 14.8 Å². The van der Waals surface area contributed by atoms with Gasteiger partial charge in [-0.3, -0.25) is 0 Å². The average molecular weight is 377 g/mol. The number of anilines is 1. The number of aliphatic imine (C=N–C) groups is 1. The molecular formula is C16H16IN3. The fraction of sp³-hybridized carbons (Fsp3) is 0.188. The Labute approximate surface area is 132 Å². The van der Waals surface area contributed by atoms with Gasteiger partial charge in [0.25, 0.3) is 0 Å². The number of halogens is 1. The molecule has 4 heteroatoms. The smallest absolute Gasteiger partial charge is 0.203 e. The third-order valence-corrected chi connectivity index (χ3v) is 4.06. The first-order chi connectivity index (χ1) is 9.74. The molecule has 0 aliphatic carbocycles. The molecule has 1 saturated heterocycles. The van der Waals surface area contributed by atoms with Crippen LogP contribution in [0.5, 0.6) is 0 Å². The lowest BCUT2D eigenvalue weighted by Gasteiger charge is -2.19. The number of aryl methyl sites for hydroxylation is 1. The van der Waals surface area contributed by atoms with Gasteiger partial charge >= 0.3 is 0 Å². The lowest BCUT2D eigenvalue weighted by molar-refractivity contribution is 0.972. The standard InChI is InChI=1S/C16H16IN3/c1-12-4-2-3-5-15(12)20-11-10-18-16(20)19-14-8-6-13(17)7-9-14/h2-9H,10-11H2,1H3,(H,18,19). The van der Waals surface area contributed by atoms with Gasteiger partial charge in [-0.15, -0.1) is 0 Å². The molecule has 0 saturated carbocycles. The topological polar surface area (TPSA) is 27.6 Å². The van der Waals surface area contributed by atoms with Crippen LogP contribution in [0.3, 0.4) is 0 Å². The Hall–Kier alpha value is -1.56. The van der Waals surface area contributed by atoms with Gasteiger partial charge in [0.05, 0.1) is 5.69 Å². The molecule has 0 aromatic heterocycles. The van der Waals surface area contributed by atoms with E-state index >= 15 is 0 Å². The average Bonchev–Trinajstić information content (AvgIpc) is 2.90. The molecule has 3 rings (SSSR count). The molecule has 0 amide bonds. The van der Waals surface area contributed by atoms with E-state index in [1.807, 2.05) is 12.1 Å². The maximum absolute atomic E-state index is 4.73. The molecule has 1 aliphatic heterocycles. The van der Waals surface area contributed by atoms with Gasteiger partial charge in [-0.2, -0.15) is 0 Å². The van der Waals surface area contributed by atoms with Gasteiger partial charge in [-0.25, -0.2) is 4.99 Å². The van der Waals surface area contributed by atoms with Crippen LogP contribution >= 0.6 is 22.6 Å². The molecule has 2 aromatic carbocycles. The van der Waals surface area contributed by atoms with Crippen molar-refractivity contribution < 1.29 is 0 Å². The van der Waals surface area contributed by atoms with Crippen LogP contribution in [0.4, 0.5) is 11.4 Å². The maximum atomic E-state index is 4.73. The highest BCUT2D eigenvalue weighted by atomic mass is 127. The summed E-state index contributed by atoms with van der Waals surface area (Å²) in [4.78, 5) is 6.97. The summed E-state index contributed by atoms with van der Waals surface area (Å²) in [5.74, 6) is 0.931. The Kier molecular flexibility index (Phi) is 3.91. The molecule has 1 aliphatic rings. The molecule has 2 aromatic rings. The number of benzene rings is 2. The Morgan fingerprint density at radius 3 is 2.60 bits per heavy atom. The second-order valence-electron chi connectivity index (χ2n) is 4.78. The Balaban J connectivity index is 1.93. The van der Waals surface area contributed by atoms with Gasteiger partial charge in [0.15, 0.2) is 0 Å². The second kappa shape index (κ2) is 5.83. The molecule has 1 N–H and O–H groups in total. The maximum Gasteiger partial charge on any atom is 0.203 e. The second-order valence-corrected chi connectivity index (χ2v) is 6.02. The van der Waals surface area contributed by atoms with Crippen molar-refractivity contribution >= 4 is 39.9 Å². The Bertz CT molecular complexity index is 634. The van der Waals surface area contributed by atoms with Crippen molar-refractivity contribution in [1.82, 2.24) is 5.32 Å². The quantitative estimate of drug-likeness (QED) is 0.809. The van der Waals surface area contributed by atoms with Crippen molar-refractivity contribution in [2.75, 3.05) is 18.0 Å².